The quantitative estimate of drug-likeness (QED) is 0.741. The summed E-state index contributed by atoms with van der Waals surface area (Å²) in [7, 11) is -1.54. The zero-order valence-corrected chi connectivity index (χ0v) is 15.0. The molecule has 0 saturated heterocycles. The number of hydrogen-bond donors (Lipinski definition) is 0. The molecule has 0 saturated carbocycles. The Morgan fingerprint density at radius 2 is 2.05 bits per heavy atom. The van der Waals surface area contributed by atoms with Crippen molar-refractivity contribution in [2.24, 2.45) is 0 Å². The minimum Gasteiger partial charge on any atom is -0.338 e. The zero-order chi connectivity index (χ0) is 16.2. The van der Waals surface area contributed by atoms with Crippen LogP contribution in [0.2, 0.25) is 5.02 Å². The molecule has 7 heteroatoms. The number of halogens is 1. The summed E-state index contributed by atoms with van der Waals surface area (Å²) in [6.07, 6.45) is 1.91. The van der Waals surface area contributed by atoms with Crippen LogP contribution in [0, 0.1) is 0 Å². The molecule has 0 radical (unpaired) electrons. The molecule has 4 nitrogen and oxygen atoms in total. The van der Waals surface area contributed by atoms with Crippen molar-refractivity contribution in [3.8, 4) is 0 Å². The van der Waals surface area contributed by atoms with Gasteiger partial charge in [0, 0.05) is 23.7 Å². The maximum Gasteiger partial charge on any atom is 0.255 e. The van der Waals surface area contributed by atoms with Gasteiger partial charge in [-0.1, -0.05) is 18.5 Å². The summed E-state index contributed by atoms with van der Waals surface area (Å²) in [5, 5.41) is 0.371. The molecule has 21 heavy (non-hydrogen) atoms. The Labute approximate surface area is 135 Å². The van der Waals surface area contributed by atoms with Gasteiger partial charge >= 0.3 is 0 Å². The van der Waals surface area contributed by atoms with Crippen LogP contribution in [0.5, 0.6) is 0 Å². The van der Waals surface area contributed by atoms with E-state index in [0.29, 0.717) is 10.6 Å². The van der Waals surface area contributed by atoms with E-state index < -0.39 is 15.9 Å². The molecule has 0 unspecified atom stereocenters. The molecule has 0 bridgehead atoms. The Kier molecular flexibility index (Phi) is 6.56. The maximum atomic E-state index is 12.5. The van der Waals surface area contributed by atoms with Gasteiger partial charge < -0.3 is 4.90 Å². The Bertz CT molecular complexity index is 617. The Morgan fingerprint density at radius 1 is 1.43 bits per heavy atom. The van der Waals surface area contributed by atoms with Crippen molar-refractivity contribution in [3.05, 3.63) is 28.8 Å². The molecule has 0 heterocycles. The third-order valence-electron chi connectivity index (χ3n) is 3.32. The van der Waals surface area contributed by atoms with Crippen LogP contribution in [0.4, 0.5) is 0 Å². The summed E-state index contributed by atoms with van der Waals surface area (Å²) >= 11 is 7.60. The SMILES string of the molecule is CCS(=O)(=O)C[C@H](C)N(C)C(=O)c1cc(SC)ccc1Cl. The number of carbonyl (C=O) groups excluding carboxylic acids is 1. The molecular weight excluding hydrogens is 330 g/mol. The van der Waals surface area contributed by atoms with Gasteiger partial charge in [-0.25, -0.2) is 8.42 Å². The highest BCUT2D eigenvalue weighted by molar-refractivity contribution is 7.98. The first-order valence-corrected chi connectivity index (χ1v) is 9.95. The number of rotatable bonds is 6. The summed E-state index contributed by atoms with van der Waals surface area (Å²) < 4.78 is 23.3. The van der Waals surface area contributed by atoms with Crippen molar-refractivity contribution in [1.29, 1.82) is 0 Å². The van der Waals surface area contributed by atoms with Gasteiger partial charge in [-0.15, -0.1) is 11.8 Å². The Hall–Kier alpha value is -0.720. The van der Waals surface area contributed by atoms with E-state index in [1.807, 2.05) is 12.3 Å². The van der Waals surface area contributed by atoms with Crippen LogP contribution in [-0.4, -0.2) is 50.1 Å². The van der Waals surface area contributed by atoms with E-state index in [2.05, 4.69) is 0 Å². The number of nitrogens with zero attached hydrogens (tertiary/aromatic N) is 1. The van der Waals surface area contributed by atoms with Gasteiger partial charge in [0.25, 0.3) is 5.91 Å². The van der Waals surface area contributed by atoms with Crippen molar-refractivity contribution in [2.75, 3.05) is 24.8 Å². The summed E-state index contributed by atoms with van der Waals surface area (Å²) in [5.41, 5.74) is 0.395. The second-order valence-electron chi connectivity index (χ2n) is 4.81. The topological polar surface area (TPSA) is 54.5 Å². The normalized spacial score (nSPS) is 13.0. The fourth-order valence-corrected chi connectivity index (χ4v) is 3.62. The average molecular weight is 350 g/mol. The highest BCUT2D eigenvalue weighted by atomic mass is 35.5. The van der Waals surface area contributed by atoms with Gasteiger partial charge in [0.1, 0.15) is 0 Å². The molecule has 1 aromatic rings. The van der Waals surface area contributed by atoms with Crippen molar-refractivity contribution in [3.63, 3.8) is 0 Å². The lowest BCUT2D eigenvalue weighted by Crippen LogP contribution is -2.39. The molecule has 1 aromatic carbocycles. The van der Waals surface area contributed by atoms with Crippen molar-refractivity contribution < 1.29 is 13.2 Å². The van der Waals surface area contributed by atoms with E-state index in [4.69, 9.17) is 11.6 Å². The molecular formula is C14H20ClNO3S2. The van der Waals surface area contributed by atoms with Gasteiger partial charge in [-0.05, 0) is 31.4 Å². The molecule has 0 spiro atoms. The van der Waals surface area contributed by atoms with Gasteiger partial charge in [0.15, 0.2) is 9.84 Å². The minimum atomic E-state index is -3.13. The van der Waals surface area contributed by atoms with Crippen molar-refractivity contribution in [1.82, 2.24) is 4.90 Å². The third-order valence-corrected chi connectivity index (χ3v) is 6.25. The first-order valence-electron chi connectivity index (χ1n) is 6.53. The second kappa shape index (κ2) is 7.51. The lowest BCUT2D eigenvalue weighted by molar-refractivity contribution is 0.0756. The molecule has 0 aliphatic heterocycles. The summed E-state index contributed by atoms with van der Waals surface area (Å²) in [6, 6.07) is 4.85. The van der Waals surface area contributed by atoms with E-state index in [1.54, 1.807) is 33.0 Å². The van der Waals surface area contributed by atoms with E-state index in [0.717, 1.165) is 4.90 Å². The Balaban J connectivity index is 2.97. The lowest BCUT2D eigenvalue weighted by atomic mass is 10.2. The molecule has 1 rings (SSSR count). The minimum absolute atomic E-state index is 0.0500. The molecule has 118 valence electrons. The number of amides is 1. The highest BCUT2D eigenvalue weighted by Crippen LogP contribution is 2.24. The smallest absolute Gasteiger partial charge is 0.255 e. The first kappa shape index (κ1) is 18.3. The zero-order valence-electron chi connectivity index (χ0n) is 12.6. The highest BCUT2D eigenvalue weighted by Gasteiger charge is 2.23. The summed E-state index contributed by atoms with van der Waals surface area (Å²) in [6.45, 7) is 3.32. The number of benzene rings is 1. The average Bonchev–Trinajstić information content (AvgIpc) is 2.45. The predicted molar refractivity (Wildman–Crippen MR) is 89.1 cm³/mol. The van der Waals surface area contributed by atoms with E-state index >= 15 is 0 Å². The molecule has 0 aromatic heterocycles. The first-order chi connectivity index (χ1) is 9.71. The fraction of sp³-hybridized carbons (Fsp3) is 0.500. The number of sulfone groups is 1. The Morgan fingerprint density at radius 3 is 2.57 bits per heavy atom. The largest absolute Gasteiger partial charge is 0.338 e. The molecule has 1 atom stereocenters. The van der Waals surface area contributed by atoms with Crippen LogP contribution in [0.15, 0.2) is 23.1 Å². The fourth-order valence-electron chi connectivity index (χ4n) is 1.78. The van der Waals surface area contributed by atoms with Gasteiger partial charge in [0.05, 0.1) is 16.3 Å². The summed E-state index contributed by atoms with van der Waals surface area (Å²) in [4.78, 5) is 14.9. The van der Waals surface area contributed by atoms with Gasteiger partial charge in [-0.3, -0.25) is 4.79 Å². The molecule has 1 amide bonds. The molecule has 0 fully saturated rings. The number of thioether (sulfide) groups is 1. The van der Waals surface area contributed by atoms with Crippen molar-refractivity contribution >= 4 is 39.1 Å². The van der Waals surface area contributed by atoms with Crippen LogP contribution in [0.1, 0.15) is 24.2 Å². The van der Waals surface area contributed by atoms with Crippen LogP contribution in [0.3, 0.4) is 0 Å². The summed E-state index contributed by atoms with van der Waals surface area (Å²) in [5.74, 6) is -0.247. The predicted octanol–water partition coefficient (Wildman–Crippen LogP) is 2.96. The van der Waals surface area contributed by atoms with E-state index in [1.165, 1.54) is 16.7 Å². The number of hydrogen-bond acceptors (Lipinski definition) is 4. The second-order valence-corrected chi connectivity index (χ2v) is 8.49. The maximum absolute atomic E-state index is 12.5. The lowest BCUT2D eigenvalue weighted by Gasteiger charge is -2.25. The van der Waals surface area contributed by atoms with E-state index in [-0.39, 0.29) is 17.4 Å². The van der Waals surface area contributed by atoms with Crippen LogP contribution in [-0.2, 0) is 9.84 Å². The third kappa shape index (κ3) is 4.90. The molecule has 0 aliphatic carbocycles. The monoisotopic (exact) mass is 349 g/mol. The molecule has 0 N–H and O–H groups in total. The molecule has 0 aliphatic rings. The van der Waals surface area contributed by atoms with Crippen molar-refractivity contribution in [2.45, 2.75) is 24.8 Å². The van der Waals surface area contributed by atoms with Crippen LogP contribution in [0.25, 0.3) is 0 Å². The standard InChI is InChI=1S/C14H20ClNO3S2/c1-5-21(18,19)9-10(2)16(3)14(17)12-8-11(20-4)6-7-13(12)15/h6-8,10H,5,9H2,1-4H3/t10-/m0/s1. The van der Waals surface area contributed by atoms with Crippen LogP contribution >= 0.6 is 23.4 Å². The van der Waals surface area contributed by atoms with Gasteiger partial charge in [0.2, 0.25) is 0 Å². The van der Waals surface area contributed by atoms with Crippen LogP contribution < -0.4 is 0 Å². The van der Waals surface area contributed by atoms with E-state index in [9.17, 15) is 13.2 Å². The number of carbonyl (C=O) groups is 1. The van der Waals surface area contributed by atoms with Gasteiger partial charge in [-0.2, -0.15) is 0 Å².